The highest BCUT2D eigenvalue weighted by molar-refractivity contribution is 7.92. The van der Waals surface area contributed by atoms with Gasteiger partial charge in [-0.1, -0.05) is 48.9 Å². The summed E-state index contributed by atoms with van der Waals surface area (Å²) in [4.78, 5) is 13.3. The monoisotopic (exact) mass is 450 g/mol. The van der Waals surface area contributed by atoms with E-state index >= 15 is 0 Å². The summed E-state index contributed by atoms with van der Waals surface area (Å²) in [5.74, 6) is -0.0253. The smallest absolute Gasteiger partial charge is 0.267 e. The van der Waals surface area contributed by atoms with Crippen molar-refractivity contribution in [3.8, 4) is 5.75 Å². The zero-order chi connectivity index (χ0) is 22.9. The van der Waals surface area contributed by atoms with Crippen LogP contribution in [0, 0.1) is 13.8 Å². The number of para-hydroxylation sites is 1. The lowest BCUT2D eigenvalue weighted by atomic mass is 10.1. The van der Waals surface area contributed by atoms with E-state index in [4.69, 9.17) is 4.74 Å². The van der Waals surface area contributed by atoms with Crippen LogP contribution < -0.4 is 14.4 Å². The minimum absolute atomic E-state index is 0.118. The van der Waals surface area contributed by atoms with Crippen LogP contribution in [0.5, 0.6) is 5.75 Å². The van der Waals surface area contributed by atoms with Gasteiger partial charge in [-0.25, -0.2) is 8.42 Å². The molecule has 0 fully saturated rings. The van der Waals surface area contributed by atoms with Crippen LogP contribution in [0.1, 0.15) is 23.6 Å². The minimum atomic E-state index is -3.89. The zero-order valence-corrected chi connectivity index (χ0v) is 19.1. The van der Waals surface area contributed by atoms with Crippen molar-refractivity contribution in [1.29, 1.82) is 0 Å². The number of benzene rings is 3. The molecule has 1 atom stereocenters. The van der Waals surface area contributed by atoms with Crippen LogP contribution in [0.3, 0.4) is 0 Å². The summed E-state index contributed by atoms with van der Waals surface area (Å²) in [5.41, 5.74) is 4.00. The van der Waals surface area contributed by atoms with Crippen molar-refractivity contribution in [2.24, 2.45) is 0 Å². The van der Waals surface area contributed by atoms with Crippen molar-refractivity contribution in [3.63, 3.8) is 0 Å². The minimum Gasteiger partial charge on any atom is -0.476 e. The molecule has 0 saturated heterocycles. The Morgan fingerprint density at radius 3 is 2.44 bits per heavy atom. The average molecular weight is 451 g/mol. The van der Waals surface area contributed by atoms with Gasteiger partial charge >= 0.3 is 0 Å². The number of carbonyl (C=O) groups is 1. The molecule has 3 aromatic carbocycles. The largest absolute Gasteiger partial charge is 0.476 e. The number of ether oxygens (including phenoxy) is 1. The van der Waals surface area contributed by atoms with Crippen LogP contribution in [0.25, 0.3) is 0 Å². The first-order valence-electron chi connectivity index (χ1n) is 10.5. The van der Waals surface area contributed by atoms with Gasteiger partial charge in [-0.05, 0) is 61.7 Å². The number of sulfonamides is 1. The number of aryl methyl sites for hydroxylation is 3. The molecule has 0 bridgehead atoms. The molecule has 0 aromatic heterocycles. The lowest BCUT2D eigenvalue weighted by Crippen LogP contribution is -2.49. The van der Waals surface area contributed by atoms with Crippen LogP contribution >= 0.6 is 0 Å². The van der Waals surface area contributed by atoms with Gasteiger partial charge in [0.1, 0.15) is 5.75 Å². The number of hydrogen-bond donors (Lipinski definition) is 1. The van der Waals surface area contributed by atoms with Crippen LogP contribution in [-0.4, -0.2) is 27.0 Å². The lowest BCUT2D eigenvalue weighted by Gasteiger charge is -2.35. The van der Waals surface area contributed by atoms with Crippen LogP contribution in [0.2, 0.25) is 0 Å². The van der Waals surface area contributed by atoms with Crippen LogP contribution in [0.15, 0.2) is 71.6 Å². The molecule has 32 heavy (non-hydrogen) atoms. The fraction of sp³-hybridized carbons (Fsp3) is 0.240. The molecular formula is C25H26N2O4S. The predicted molar refractivity (Wildman–Crippen MR) is 126 cm³/mol. The van der Waals surface area contributed by atoms with Gasteiger partial charge in [0.05, 0.1) is 17.1 Å². The Balaban J connectivity index is 1.70. The van der Waals surface area contributed by atoms with E-state index in [1.165, 1.54) is 4.31 Å². The second kappa shape index (κ2) is 8.67. The summed E-state index contributed by atoms with van der Waals surface area (Å²) >= 11 is 0. The Labute approximate surface area is 188 Å². The number of amides is 1. The highest BCUT2D eigenvalue weighted by Crippen LogP contribution is 2.38. The maximum atomic E-state index is 13.5. The molecule has 6 nitrogen and oxygen atoms in total. The Hall–Kier alpha value is -3.32. The molecule has 1 aliphatic rings. The molecule has 0 unspecified atom stereocenters. The van der Waals surface area contributed by atoms with E-state index in [1.807, 2.05) is 51.1 Å². The van der Waals surface area contributed by atoms with E-state index in [-0.39, 0.29) is 17.3 Å². The molecule has 1 N–H and O–H groups in total. The maximum absolute atomic E-state index is 13.5. The normalized spacial score (nSPS) is 15.6. The zero-order valence-electron chi connectivity index (χ0n) is 18.3. The van der Waals surface area contributed by atoms with Crippen molar-refractivity contribution in [2.75, 3.05) is 16.2 Å². The fourth-order valence-corrected chi connectivity index (χ4v) is 5.19. The van der Waals surface area contributed by atoms with E-state index in [0.717, 1.165) is 23.1 Å². The molecule has 166 valence electrons. The number of fused-ring (bicyclic) bond motifs is 1. The van der Waals surface area contributed by atoms with Crippen molar-refractivity contribution in [1.82, 2.24) is 0 Å². The number of nitrogens with one attached hydrogen (secondary N) is 1. The molecular weight excluding hydrogens is 424 g/mol. The summed E-state index contributed by atoms with van der Waals surface area (Å²) in [6, 6.07) is 19.5. The molecule has 7 heteroatoms. The second-order valence-corrected chi connectivity index (χ2v) is 9.79. The van der Waals surface area contributed by atoms with Gasteiger partial charge in [0.25, 0.3) is 15.9 Å². The standard InChI is InChI=1S/C25H26N2O4S/c1-4-19-7-5-6-8-21(19)26-25(28)24-16-27(22-15-18(3)11-14-23(22)31-24)32(29,30)20-12-9-17(2)10-13-20/h5-15,24H,4,16H2,1-3H3,(H,26,28)/t24-/m0/s1. The highest BCUT2D eigenvalue weighted by atomic mass is 32.2. The van der Waals surface area contributed by atoms with E-state index in [0.29, 0.717) is 17.1 Å². The van der Waals surface area contributed by atoms with E-state index < -0.39 is 16.1 Å². The summed E-state index contributed by atoms with van der Waals surface area (Å²) in [5, 5.41) is 2.91. The quantitative estimate of drug-likeness (QED) is 0.623. The molecule has 1 amide bonds. The Morgan fingerprint density at radius 1 is 1.03 bits per heavy atom. The van der Waals surface area contributed by atoms with Gasteiger partial charge in [0, 0.05) is 5.69 Å². The molecule has 0 spiro atoms. The molecule has 3 aromatic rings. The van der Waals surface area contributed by atoms with E-state index in [1.54, 1.807) is 36.4 Å². The SMILES string of the molecule is CCc1ccccc1NC(=O)[C@@H]1CN(S(=O)(=O)c2ccc(C)cc2)c2cc(C)ccc2O1. The first kappa shape index (κ1) is 21.9. The number of carbonyl (C=O) groups excluding carboxylic acids is 1. The van der Waals surface area contributed by atoms with Gasteiger partial charge in [-0.15, -0.1) is 0 Å². The third-order valence-electron chi connectivity index (χ3n) is 5.54. The van der Waals surface area contributed by atoms with E-state index in [2.05, 4.69) is 5.32 Å². The van der Waals surface area contributed by atoms with Crippen LogP contribution in [0.4, 0.5) is 11.4 Å². The molecule has 0 aliphatic carbocycles. The summed E-state index contributed by atoms with van der Waals surface area (Å²) in [6.45, 7) is 5.68. The third kappa shape index (κ3) is 4.21. The third-order valence-corrected chi connectivity index (χ3v) is 7.34. The number of hydrogen-bond acceptors (Lipinski definition) is 4. The Morgan fingerprint density at radius 2 is 1.72 bits per heavy atom. The van der Waals surface area contributed by atoms with Crippen molar-refractivity contribution in [2.45, 2.75) is 38.2 Å². The van der Waals surface area contributed by atoms with Gasteiger partial charge < -0.3 is 10.1 Å². The molecule has 1 aliphatic heterocycles. The second-order valence-electron chi connectivity index (χ2n) is 7.93. The topological polar surface area (TPSA) is 75.7 Å². The summed E-state index contributed by atoms with van der Waals surface area (Å²) in [7, 11) is -3.89. The first-order chi connectivity index (χ1) is 15.3. The molecule has 4 rings (SSSR count). The number of anilines is 2. The van der Waals surface area contributed by atoms with Crippen molar-refractivity contribution >= 4 is 27.3 Å². The van der Waals surface area contributed by atoms with Gasteiger partial charge in [-0.2, -0.15) is 0 Å². The Bertz CT molecular complexity index is 1250. The lowest BCUT2D eigenvalue weighted by molar-refractivity contribution is -0.122. The predicted octanol–water partition coefficient (Wildman–Crippen LogP) is 4.46. The van der Waals surface area contributed by atoms with Crippen molar-refractivity contribution < 1.29 is 17.9 Å². The molecule has 0 radical (unpaired) electrons. The number of nitrogens with zero attached hydrogens (tertiary/aromatic N) is 1. The average Bonchev–Trinajstić information content (AvgIpc) is 2.79. The Kier molecular flexibility index (Phi) is 5.93. The molecule has 0 saturated carbocycles. The first-order valence-corrected chi connectivity index (χ1v) is 12.0. The van der Waals surface area contributed by atoms with E-state index in [9.17, 15) is 13.2 Å². The number of rotatable bonds is 5. The van der Waals surface area contributed by atoms with Crippen LogP contribution in [-0.2, 0) is 21.2 Å². The summed E-state index contributed by atoms with van der Waals surface area (Å²) < 4.78 is 34.3. The summed E-state index contributed by atoms with van der Waals surface area (Å²) in [6.07, 6.45) is -0.229. The van der Waals surface area contributed by atoms with Gasteiger partial charge in [0.2, 0.25) is 0 Å². The maximum Gasteiger partial charge on any atom is 0.267 e. The molecule has 1 heterocycles. The highest BCUT2D eigenvalue weighted by Gasteiger charge is 2.37. The van der Waals surface area contributed by atoms with Gasteiger partial charge in [-0.3, -0.25) is 9.10 Å². The fourth-order valence-electron chi connectivity index (χ4n) is 3.73. The van der Waals surface area contributed by atoms with Crippen molar-refractivity contribution in [3.05, 3.63) is 83.4 Å². The van der Waals surface area contributed by atoms with Gasteiger partial charge in [0.15, 0.2) is 6.10 Å².